The highest BCUT2D eigenvalue weighted by Gasteiger charge is 2.53. The molecule has 19 nitrogen and oxygen atoms in total. The van der Waals surface area contributed by atoms with Gasteiger partial charge in [0.1, 0.15) is 73.2 Å². The molecule has 0 aromatic rings. The maximum absolute atomic E-state index is 13.4. The summed E-state index contributed by atoms with van der Waals surface area (Å²) in [6.07, 6.45) is 44.6. The molecule has 12 N–H and O–H groups in total. The van der Waals surface area contributed by atoms with Crippen LogP contribution in [0, 0.1) is 0 Å². The molecule has 17 unspecified atom stereocenters. The third-order valence-corrected chi connectivity index (χ3v) is 16.2. The summed E-state index contributed by atoms with van der Waals surface area (Å²) in [5.41, 5.74) is 0. The minimum atomic E-state index is -1.99. The molecule has 0 radical (unpaired) electrons. The fourth-order valence-electron chi connectivity index (χ4n) is 10.7. The average Bonchev–Trinajstić information content (AvgIpc) is 0.883. The van der Waals surface area contributed by atoms with Crippen LogP contribution in [0.1, 0.15) is 194 Å². The fraction of sp³-hybridized carbons (Fsp3) is 0.708. The number of aliphatic hydroxyl groups is 11. The molecule has 3 fully saturated rings. The van der Waals surface area contributed by atoms with Crippen molar-refractivity contribution >= 4 is 5.91 Å². The van der Waals surface area contributed by atoms with Gasteiger partial charge in [0.2, 0.25) is 5.91 Å². The summed E-state index contributed by atoms with van der Waals surface area (Å²) < 4.78 is 34.3. The van der Waals surface area contributed by atoms with E-state index in [0.717, 1.165) is 70.6 Å². The molecule has 3 heterocycles. The van der Waals surface area contributed by atoms with Gasteiger partial charge in [-0.25, -0.2) is 0 Å². The monoisotopic (exact) mass is 1290 g/mol. The number of aliphatic hydroxyl groups excluding tert-OH is 11. The number of rotatable bonds is 50. The first-order valence-electron chi connectivity index (χ1n) is 34.3. The van der Waals surface area contributed by atoms with E-state index in [1.807, 2.05) is 18.2 Å². The van der Waals surface area contributed by atoms with Crippen molar-refractivity contribution in [3.63, 3.8) is 0 Å². The molecule has 3 saturated heterocycles. The normalized spacial score (nSPS) is 28.6. The van der Waals surface area contributed by atoms with E-state index in [1.54, 1.807) is 6.08 Å². The Balaban J connectivity index is 1.50. The topological polar surface area (TPSA) is 307 Å². The lowest BCUT2D eigenvalue weighted by molar-refractivity contribution is -0.379. The number of carbonyl (C=O) groups is 1. The zero-order valence-corrected chi connectivity index (χ0v) is 54.8. The van der Waals surface area contributed by atoms with Crippen LogP contribution in [0.2, 0.25) is 0 Å². The molecular weight excluding hydrogens is 1170 g/mol. The molecule has 0 spiro atoms. The quantitative estimate of drug-likeness (QED) is 0.0200. The molecule has 520 valence electrons. The van der Waals surface area contributed by atoms with Crippen LogP contribution < -0.4 is 5.32 Å². The second kappa shape index (κ2) is 52.5. The smallest absolute Gasteiger partial charge is 0.220 e. The molecule has 3 rings (SSSR count). The van der Waals surface area contributed by atoms with Gasteiger partial charge in [-0.05, 0) is 96.3 Å². The molecule has 3 aliphatic heterocycles. The van der Waals surface area contributed by atoms with Crippen molar-refractivity contribution in [2.45, 2.75) is 298 Å². The van der Waals surface area contributed by atoms with Crippen LogP contribution in [0.4, 0.5) is 0 Å². The molecule has 19 heteroatoms. The minimum Gasteiger partial charge on any atom is -0.394 e. The van der Waals surface area contributed by atoms with Gasteiger partial charge < -0.3 is 89.9 Å². The Hall–Kier alpha value is -3.81. The number of amides is 1. The maximum atomic E-state index is 13.4. The molecule has 91 heavy (non-hydrogen) atoms. The molecule has 17 atom stereocenters. The molecule has 0 bridgehead atoms. The summed E-state index contributed by atoms with van der Waals surface area (Å²) in [6.45, 7) is 1.53. The van der Waals surface area contributed by atoms with Gasteiger partial charge >= 0.3 is 0 Å². The van der Waals surface area contributed by atoms with Gasteiger partial charge in [0.25, 0.3) is 0 Å². The first-order chi connectivity index (χ1) is 44.3. The van der Waals surface area contributed by atoms with Crippen LogP contribution in [0.5, 0.6) is 0 Å². The second-order valence-corrected chi connectivity index (χ2v) is 23.9. The second-order valence-electron chi connectivity index (χ2n) is 23.9. The first-order valence-corrected chi connectivity index (χ1v) is 34.3. The number of carbonyl (C=O) groups excluding carboxylic acids is 1. The molecule has 0 aromatic heterocycles. The van der Waals surface area contributed by atoms with Crippen molar-refractivity contribution in [1.29, 1.82) is 0 Å². The van der Waals surface area contributed by atoms with E-state index in [-0.39, 0.29) is 12.3 Å². The summed E-state index contributed by atoms with van der Waals surface area (Å²) >= 11 is 0. The minimum absolute atomic E-state index is 0.144. The molecule has 0 saturated carbocycles. The van der Waals surface area contributed by atoms with E-state index in [9.17, 15) is 61.0 Å². The van der Waals surface area contributed by atoms with Crippen molar-refractivity contribution in [2.24, 2.45) is 0 Å². The Morgan fingerprint density at radius 1 is 0.407 bits per heavy atom. The van der Waals surface area contributed by atoms with Crippen molar-refractivity contribution < 1.29 is 89.4 Å². The van der Waals surface area contributed by atoms with Gasteiger partial charge in [-0.1, -0.05) is 212 Å². The lowest BCUT2D eigenvalue weighted by Gasteiger charge is -2.48. The van der Waals surface area contributed by atoms with E-state index in [2.05, 4.69) is 116 Å². The van der Waals surface area contributed by atoms with Crippen LogP contribution in [-0.4, -0.2) is 193 Å². The third-order valence-electron chi connectivity index (χ3n) is 16.2. The van der Waals surface area contributed by atoms with Crippen LogP contribution in [-0.2, 0) is 33.2 Å². The van der Waals surface area contributed by atoms with E-state index in [0.29, 0.717) is 19.3 Å². The Bertz CT molecular complexity index is 2120. The van der Waals surface area contributed by atoms with Crippen LogP contribution in [0.15, 0.2) is 122 Å². The van der Waals surface area contributed by atoms with Crippen LogP contribution in [0.25, 0.3) is 0 Å². The van der Waals surface area contributed by atoms with Gasteiger partial charge in [-0.3, -0.25) is 4.79 Å². The van der Waals surface area contributed by atoms with E-state index in [4.69, 9.17) is 28.4 Å². The summed E-state index contributed by atoms with van der Waals surface area (Å²) in [7, 11) is 0. The summed E-state index contributed by atoms with van der Waals surface area (Å²) in [5.74, 6) is -0.352. The largest absolute Gasteiger partial charge is 0.394 e. The summed E-state index contributed by atoms with van der Waals surface area (Å²) in [4.78, 5) is 13.4. The lowest BCUT2D eigenvalue weighted by Crippen LogP contribution is -2.66. The van der Waals surface area contributed by atoms with E-state index < -0.39 is 131 Å². The summed E-state index contributed by atoms with van der Waals surface area (Å²) in [5, 5.41) is 120. The fourth-order valence-corrected chi connectivity index (χ4v) is 10.7. The highest BCUT2D eigenvalue weighted by molar-refractivity contribution is 5.76. The Labute approximate surface area is 544 Å². The van der Waals surface area contributed by atoms with Gasteiger partial charge in [0.15, 0.2) is 18.9 Å². The zero-order chi connectivity index (χ0) is 66.1. The van der Waals surface area contributed by atoms with Crippen molar-refractivity contribution in [1.82, 2.24) is 5.32 Å². The number of nitrogens with one attached hydrogen (secondary N) is 1. The third kappa shape index (κ3) is 34.4. The van der Waals surface area contributed by atoms with Crippen molar-refractivity contribution in [3.05, 3.63) is 122 Å². The number of hydrogen-bond acceptors (Lipinski definition) is 18. The van der Waals surface area contributed by atoms with Gasteiger partial charge in [-0.15, -0.1) is 0 Å². The highest BCUT2D eigenvalue weighted by Crippen LogP contribution is 2.33. The Morgan fingerprint density at radius 2 is 0.769 bits per heavy atom. The number of ether oxygens (including phenoxy) is 6. The molecule has 3 aliphatic rings. The predicted molar refractivity (Wildman–Crippen MR) is 355 cm³/mol. The average molecular weight is 1290 g/mol. The van der Waals surface area contributed by atoms with Crippen molar-refractivity contribution in [3.8, 4) is 0 Å². The Kier molecular flexibility index (Phi) is 46.9. The highest BCUT2D eigenvalue weighted by atomic mass is 16.8. The first kappa shape index (κ1) is 81.4. The van der Waals surface area contributed by atoms with Gasteiger partial charge in [0, 0.05) is 6.42 Å². The SMILES string of the molecule is CC/C=C\C/C=C\C/C=C\C/C=C\C/C=C\C/C=C\C/C=C\CCCC(=O)NC(COC1OC(CO)C(OC2OC(CO)C(OC3OC(CO)C(O)C(O)C3O)C(O)C2O)C(O)C1O)C(O)/C=C/CC/C=C/CC/C=C/CCCCCCCCCCCCCCC. The van der Waals surface area contributed by atoms with Crippen LogP contribution >= 0.6 is 0 Å². The van der Waals surface area contributed by atoms with E-state index >= 15 is 0 Å². The molecule has 0 aromatic carbocycles. The maximum Gasteiger partial charge on any atom is 0.220 e. The zero-order valence-electron chi connectivity index (χ0n) is 54.8. The predicted octanol–water partition coefficient (Wildman–Crippen LogP) is 8.82. The summed E-state index contributed by atoms with van der Waals surface area (Å²) in [6, 6.07) is -1.04. The molecular formula is C72H119NO18. The van der Waals surface area contributed by atoms with Crippen LogP contribution in [0.3, 0.4) is 0 Å². The van der Waals surface area contributed by atoms with Crippen molar-refractivity contribution in [2.75, 3.05) is 26.4 Å². The number of hydrogen-bond donors (Lipinski definition) is 12. The molecule has 0 aliphatic carbocycles. The standard InChI is InChI=1S/C72H119NO18/c1-3-5-7-9-11-13-15-17-19-21-23-25-27-29-31-33-35-37-39-41-43-45-47-49-56(77)55(73-60(78)50-48-46-44-42-40-38-36-34-32-30-28-26-24-22-20-18-16-14-12-10-8-6-4-2)54-86-70-66(84)63(81)68(58(52-75)88-70)91-72-67(85)64(82)69(59(53-76)89-72)90-71-65(83)62(80)61(79)57(51-74)87-71/h6,8,12,14,18,20,24,26,30-33,36,38-39,41-42,44,47,49,55-59,61-72,74-77,79-85H,3-5,7,9-11,13,15-17,19,21-23,25,27-29,34-35,37,40,43,45-46,48,50-54H2,1-2H3,(H,73,78)/b8-6-,14-12-,20-18-,26-24-,32-30-,33-31+,38-36-,41-39+,44-42-,49-47+. The van der Waals surface area contributed by atoms with Gasteiger partial charge in [-0.2, -0.15) is 0 Å². The number of unbranched alkanes of at least 4 members (excludes halogenated alkanes) is 16. The van der Waals surface area contributed by atoms with Gasteiger partial charge in [0.05, 0.1) is 38.6 Å². The number of allylic oxidation sites excluding steroid dienone is 19. The molecule has 1 amide bonds. The lowest BCUT2D eigenvalue weighted by atomic mass is 9.96. The van der Waals surface area contributed by atoms with E-state index in [1.165, 1.54) is 83.5 Å². The Morgan fingerprint density at radius 3 is 1.23 bits per heavy atom.